The van der Waals surface area contributed by atoms with Gasteiger partial charge in [-0.25, -0.2) is 0 Å². The van der Waals surface area contributed by atoms with Crippen molar-refractivity contribution in [3.05, 3.63) is 34.9 Å². The van der Waals surface area contributed by atoms with Gasteiger partial charge in [-0.2, -0.15) is 0 Å². The minimum atomic E-state index is 0.830. The van der Waals surface area contributed by atoms with E-state index in [2.05, 4.69) is 30.4 Å². The highest BCUT2D eigenvalue weighted by Crippen LogP contribution is 2.32. The first-order chi connectivity index (χ1) is 9.29. The van der Waals surface area contributed by atoms with Crippen molar-refractivity contribution in [3.8, 4) is 0 Å². The Labute approximate surface area is 122 Å². The molecule has 0 aliphatic heterocycles. The Hall–Kier alpha value is -0.530. The Kier molecular flexibility index (Phi) is 6.19. The van der Waals surface area contributed by atoms with Gasteiger partial charge in [0.2, 0.25) is 0 Å². The molecule has 0 heterocycles. The zero-order chi connectivity index (χ0) is 13.5. The summed E-state index contributed by atoms with van der Waals surface area (Å²) >= 11 is 6.09. The summed E-state index contributed by atoms with van der Waals surface area (Å²) in [4.78, 5) is 0. The van der Waals surface area contributed by atoms with Crippen molar-refractivity contribution in [1.29, 1.82) is 0 Å². The Bertz CT molecular complexity index is 377. The van der Waals surface area contributed by atoms with Gasteiger partial charge >= 0.3 is 0 Å². The number of hydrogen-bond acceptors (Lipinski definition) is 1. The minimum absolute atomic E-state index is 0.830. The number of benzene rings is 1. The van der Waals surface area contributed by atoms with Crippen LogP contribution in [0.15, 0.2) is 24.3 Å². The second-order valence-corrected chi connectivity index (χ2v) is 6.28. The molecule has 1 N–H and O–H groups in total. The zero-order valence-corrected chi connectivity index (χ0v) is 12.8. The molecule has 0 bridgehead atoms. The van der Waals surface area contributed by atoms with Gasteiger partial charge in [-0.1, -0.05) is 43.5 Å². The largest absolute Gasteiger partial charge is 0.316 e. The molecule has 0 aromatic heterocycles. The quantitative estimate of drug-likeness (QED) is 0.745. The molecule has 2 unspecified atom stereocenters. The molecule has 0 amide bonds. The van der Waals surface area contributed by atoms with Gasteiger partial charge in [0.05, 0.1) is 0 Å². The molecule has 1 fully saturated rings. The highest BCUT2D eigenvalue weighted by molar-refractivity contribution is 6.30. The summed E-state index contributed by atoms with van der Waals surface area (Å²) in [6.07, 6.45) is 8.00. The number of nitrogens with one attached hydrogen (secondary N) is 1. The van der Waals surface area contributed by atoms with E-state index >= 15 is 0 Å². The van der Waals surface area contributed by atoms with Crippen molar-refractivity contribution in [2.45, 2.75) is 45.4 Å². The molecule has 1 aromatic rings. The van der Waals surface area contributed by atoms with Crippen LogP contribution in [0.5, 0.6) is 0 Å². The molecule has 1 aromatic carbocycles. The Morgan fingerprint density at radius 2 is 2.00 bits per heavy atom. The van der Waals surface area contributed by atoms with Crippen LogP contribution < -0.4 is 5.32 Å². The van der Waals surface area contributed by atoms with Crippen LogP contribution in [-0.2, 0) is 6.42 Å². The molecule has 2 rings (SSSR count). The van der Waals surface area contributed by atoms with E-state index in [1.807, 2.05) is 6.07 Å². The summed E-state index contributed by atoms with van der Waals surface area (Å²) in [6.45, 7) is 4.58. The van der Waals surface area contributed by atoms with Crippen LogP contribution in [0.25, 0.3) is 0 Å². The monoisotopic (exact) mass is 279 g/mol. The topological polar surface area (TPSA) is 12.0 Å². The predicted octanol–water partition coefficient (Wildman–Crippen LogP) is 4.69. The smallest absolute Gasteiger partial charge is 0.0408 e. The molecule has 19 heavy (non-hydrogen) atoms. The van der Waals surface area contributed by atoms with E-state index in [-0.39, 0.29) is 0 Å². The first kappa shape index (κ1) is 14.9. The van der Waals surface area contributed by atoms with Gasteiger partial charge in [0.25, 0.3) is 0 Å². The summed E-state index contributed by atoms with van der Waals surface area (Å²) < 4.78 is 0. The van der Waals surface area contributed by atoms with Crippen molar-refractivity contribution in [2.24, 2.45) is 11.8 Å². The van der Waals surface area contributed by atoms with E-state index in [1.165, 1.54) is 50.6 Å². The lowest BCUT2D eigenvalue weighted by Crippen LogP contribution is -2.32. The molecule has 106 valence electrons. The van der Waals surface area contributed by atoms with Crippen molar-refractivity contribution in [2.75, 3.05) is 13.1 Å². The normalized spacial score (nSPS) is 23.5. The van der Waals surface area contributed by atoms with E-state index in [0.29, 0.717) is 0 Å². The molecule has 1 aliphatic rings. The third-order valence-corrected chi connectivity index (χ3v) is 4.52. The second-order valence-electron chi connectivity index (χ2n) is 5.84. The van der Waals surface area contributed by atoms with Crippen molar-refractivity contribution >= 4 is 11.6 Å². The van der Waals surface area contributed by atoms with Crippen LogP contribution in [0, 0.1) is 11.8 Å². The van der Waals surface area contributed by atoms with Gasteiger partial charge in [0.1, 0.15) is 0 Å². The lowest BCUT2D eigenvalue weighted by atomic mass is 9.76. The minimum Gasteiger partial charge on any atom is -0.316 e. The van der Waals surface area contributed by atoms with Crippen molar-refractivity contribution in [1.82, 2.24) is 5.32 Å². The Morgan fingerprint density at radius 3 is 2.74 bits per heavy atom. The maximum atomic E-state index is 6.09. The van der Waals surface area contributed by atoms with E-state index in [1.54, 1.807) is 0 Å². The molecule has 2 heteroatoms. The molecule has 1 saturated carbocycles. The van der Waals surface area contributed by atoms with E-state index in [9.17, 15) is 0 Å². The molecule has 0 radical (unpaired) electrons. The molecular formula is C17H26ClN. The number of rotatable bonds is 6. The van der Waals surface area contributed by atoms with Gasteiger partial charge in [-0.05, 0) is 68.3 Å². The van der Waals surface area contributed by atoms with Crippen LogP contribution in [0.2, 0.25) is 5.02 Å². The van der Waals surface area contributed by atoms with Crippen LogP contribution >= 0.6 is 11.6 Å². The fraction of sp³-hybridized carbons (Fsp3) is 0.647. The fourth-order valence-corrected chi connectivity index (χ4v) is 3.47. The zero-order valence-electron chi connectivity index (χ0n) is 12.0. The molecule has 2 atom stereocenters. The van der Waals surface area contributed by atoms with Gasteiger partial charge in [0, 0.05) is 5.02 Å². The Balaban J connectivity index is 1.91. The van der Waals surface area contributed by atoms with Crippen LogP contribution in [0.1, 0.15) is 44.6 Å². The molecular weight excluding hydrogens is 254 g/mol. The van der Waals surface area contributed by atoms with Gasteiger partial charge in [-0.15, -0.1) is 0 Å². The SMILES string of the molecule is CCCNCC1CCCCC1Cc1cccc(Cl)c1. The van der Waals surface area contributed by atoms with Crippen molar-refractivity contribution in [3.63, 3.8) is 0 Å². The lowest BCUT2D eigenvalue weighted by molar-refractivity contribution is 0.229. The summed E-state index contributed by atoms with van der Waals surface area (Å²) in [6, 6.07) is 8.39. The van der Waals surface area contributed by atoms with Crippen LogP contribution in [-0.4, -0.2) is 13.1 Å². The molecule has 0 saturated heterocycles. The van der Waals surface area contributed by atoms with E-state index in [0.717, 1.165) is 23.4 Å². The lowest BCUT2D eigenvalue weighted by Gasteiger charge is -2.32. The standard InChI is InChI=1S/C17H26ClN/c1-2-10-19-13-16-8-4-3-7-15(16)11-14-6-5-9-17(18)12-14/h5-6,9,12,15-16,19H,2-4,7-8,10-11,13H2,1H3. The third-order valence-electron chi connectivity index (χ3n) is 4.29. The van der Waals surface area contributed by atoms with Crippen LogP contribution in [0.3, 0.4) is 0 Å². The van der Waals surface area contributed by atoms with Gasteiger partial charge in [-0.3, -0.25) is 0 Å². The maximum Gasteiger partial charge on any atom is 0.0408 e. The van der Waals surface area contributed by atoms with Gasteiger partial charge in [0.15, 0.2) is 0 Å². The molecule has 0 spiro atoms. The average molecular weight is 280 g/mol. The summed E-state index contributed by atoms with van der Waals surface area (Å²) in [5, 5.41) is 4.48. The number of hydrogen-bond donors (Lipinski definition) is 1. The highest BCUT2D eigenvalue weighted by Gasteiger charge is 2.24. The molecule has 1 nitrogen and oxygen atoms in total. The Morgan fingerprint density at radius 1 is 1.21 bits per heavy atom. The summed E-state index contributed by atoms with van der Waals surface area (Å²) in [7, 11) is 0. The summed E-state index contributed by atoms with van der Waals surface area (Å²) in [5.41, 5.74) is 1.40. The van der Waals surface area contributed by atoms with Crippen LogP contribution in [0.4, 0.5) is 0 Å². The predicted molar refractivity (Wildman–Crippen MR) is 83.8 cm³/mol. The average Bonchev–Trinajstić information content (AvgIpc) is 2.41. The van der Waals surface area contributed by atoms with Gasteiger partial charge < -0.3 is 5.32 Å². The first-order valence-corrected chi connectivity index (χ1v) is 8.12. The summed E-state index contributed by atoms with van der Waals surface area (Å²) in [5.74, 6) is 1.68. The molecule has 1 aliphatic carbocycles. The van der Waals surface area contributed by atoms with Crippen molar-refractivity contribution < 1.29 is 0 Å². The third kappa shape index (κ3) is 4.81. The highest BCUT2D eigenvalue weighted by atomic mass is 35.5. The second kappa shape index (κ2) is 7.91. The first-order valence-electron chi connectivity index (χ1n) is 7.74. The van der Waals surface area contributed by atoms with E-state index < -0.39 is 0 Å². The fourth-order valence-electron chi connectivity index (χ4n) is 3.25. The maximum absolute atomic E-state index is 6.09. The number of halogens is 1. The van der Waals surface area contributed by atoms with E-state index in [4.69, 9.17) is 11.6 Å².